The Morgan fingerprint density at radius 2 is 2.17 bits per heavy atom. The number of benzene rings is 1. The number of hydrogen-bond acceptors (Lipinski definition) is 2. The minimum atomic E-state index is -0.623. The zero-order valence-corrected chi connectivity index (χ0v) is 10.6. The van der Waals surface area contributed by atoms with Crippen molar-refractivity contribution in [1.82, 2.24) is 10.6 Å². The number of amides is 3. The van der Waals surface area contributed by atoms with Gasteiger partial charge in [-0.05, 0) is 24.6 Å². The number of nitrogens with one attached hydrogen (secondary N) is 2. The molecule has 0 fully saturated rings. The van der Waals surface area contributed by atoms with E-state index in [2.05, 4.69) is 10.6 Å². The van der Waals surface area contributed by atoms with Crippen molar-refractivity contribution in [3.05, 3.63) is 35.6 Å². The van der Waals surface area contributed by atoms with Crippen LogP contribution in [0, 0.1) is 5.82 Å². The first-order valence-electron chi connectivity index (χ1n) is 5.44. The molecule has 0 aliphatic rings. The molecule has 3 amide bonds. The zero-order chi connectivity index (χ0) is 13.5. The van der Waals surface area contributed by atoms with Gasteiger partial charge >= 0.3 is 6.03 Å². The molecule has 0 radical (unpaired) electrons. The molecule has 0 saturated heterocycles. The number of rotatable bonds is 4. The lowest BCUT2D eigenvalue weighted by molar-refractivity contribution is -0.119. The molecule has 0 aromatic heterocycles. The number of alkyl halides is 1. The molecule has 0 aliphatic heterocycles. The van der Waals surface area contributed by atoms with Gasteiger partial charge in [-0.15, -0.1) is 11.6 Å². The van der Waals surface area contributed by atoms with Crippen molar-refractivity contribution in [2.45, 2.75) is 19.4 Å². The SMILES string of the molecule is CC(NC(=O)NC(=O)CCCl)c1cccc(F)c1. The first-order chi connectivity index (χ1) is 8.52. The van der Waals surface area contributed by atoms with Crippen LogP contribution in [-0.4, -0.2) is 17.8 Å². The smallest absolute Gasteiger partial charge is 0.321 e. The Morgan fingerprint density at radius 3 is 2.78 bits per heavy atom. The van der Waals surface area contributed by atoms with Gasteiger partial charge in [0.05, 0.1) is 6.04 Å². The molecule has 1 unspecified atom stereocenters. The van der Waals surface area contributed by atoms with Crippen LogP contribution in [0.2, 0.25) is 0 Å². The van der Waals surface area contributed by atoms with Crippen molar-refractivity contribution < 1.29 is 14.0 Å². The normalized spacial score (nSPS) is 11.7. The quantitative estimate of drug-likeness (QED) is 0.827. The number of imide groups is 1. The van der Waals surface area contributed by atoms with E-state index >= 15 is 0 Å². The molecule has 0 spiro atoms. The Morgan fingerprint density at radius 1 is 1.44 bits per heavy atom. The second-order valence-electron chi connectivity index (χ2n) is 3.74. The number of carbonyl (C=O) groups is 2. The highest BCUT2D eigenvalue weighted by Crippen LogP contribution is 2.12. The van der Waals surface area contributed by atoms with Crippen LogP contribution in [0.5, 0.6) is 0 Å². The molecule has 0 heterocycles. The van der Waals surface area contributed by atoms with Gasteiger partial charge in [-0.25, -0.2) is 9.18 Å². The number of urea groups is 1. The number of halogens is 2. The van der Waals surface area contributed by atoms with Crippen molar-refractivity contribution in [2.75, 3.05) is 5.88 Å². The van der Waals surface area contributed by atoms with Crippen molar-refractivity contribution in [1.29, 1.82) is 0 Å². The third-order valence-corrected chi connectivity index (χ3v) is 2.46. The Hall–Kier alpha value is -1.62. The molecule has 1 atom stereocenters. The summed E-state index contributed by atoms with van der Waals surface area (Å²) < 4.78 is 13.0. The summed E-state index contributed by atoms with van der Waals surface area (Å²) in [6.07, 6.45) is 0.0727. The third kappa shape index (κ3) is 4.71. The molecule has 18 heavy (non-hydrogen) atoms. The predicted octanol–water partition coefficient (Wildman–Crippen LogP) is 2.34. The summed E-state index contributed by atoms with van der Waals surface area (Å²) in [5.74, 6) is -0.674. The minimum absolute atomic E-state index is 0.0727. The zero-order valence-electron chi connectivity index (χ0n) is 9.87. The summed E-state index contributed by atoms with van der Waals surface area (Å²) in [5.41, 5.74) is 0.620. The van der Waals surface area contributed by atoms with Gasteiger partial charge in [-0.3, -0.25) is 10.1 Å². The molecule has 1 rings (SSSR count). The Bertz CT molecular complexity index is 440. The van der Waals surface area contributed by atoms with Gasteiger partial charge in [0.1, 0.15) is 5.82 Å². The van der Waals surface area contributed by atoms with Crippen molar-refractivity contribution >= 4 is 23.5 Å². The fraction of sp³-hybridized carbons (Fsp3) is 0.333. The molecular formula is C12H14ClFN2O2. The van der Waals surface area contributed by atoms with Gasteiger partial charge in [0, 0.05) is 12.3 Å². The molecule has 0 aliphatic carbocycles. The van der Waals surface area contributed by atoms with E-state index in [0.29, 0.717) is 5.56 Å². The average molecular weight is 273 g/mol. The van der Waals surface area contributed by atoms with E-state index in [-0.39, 0.29) is 18.1 Å². The second-order valence-corrected chi connectivity index (χ2v) is 4.12. The van der Waals surface area contributed by atoms with E-state index in [9.17, 15) is 14.0 Å². The molecule has 1 aromatic rings. The fourth-order valence-electron chi connectivity index (χ4n) is 1.37. The lowest BCUT2D eigenvalue weighted by Crippen LogP contribution is -2.40. The number of hydrogen-bond donors (Lipinski definition) is 2. The van der Waals surface area contributed by atoms with Gasteiger partial charge in [0.25, 0.3) is 0 Å². The van der Waals surface area contributed by atoms with Crippen LogP contribution < -0.4 is 10.6 Å². The molecule has 6 heteroatoms. The van der Waals surface area contributed by atoms with E-state index in [1.54, 1.807) is 19.1 Å². The molecule has 2 N–H and O–H groups in total. The van der Waals surface area contributed by atoms with E-state index in [4.69, 9.17) is 11.6 Å². The average Bonchev–Trinajstić information content (AvgIpc) is 2.28. The highest BCUT2D eigenvalue weighted by molar-refractivity contribution is 6.19. The Kier molecular flexibility index (Phi) is 5.58. The molecule has 4 nitrogen and oxygen atoms in total. The summed E-state index contributed by atoms with van der Waals surface area (Å²) in [5, 5.41) is 4.66. The van der Waals surface area contributed by atoms with Crippen LogP contribution in [0.1, 0.15) is 24.9 Å². The highest BCUT2D eigenvalue weighted by atomic mass is 35.5. The fourth-order valence-corrected chi connectivity index (χ4v) is 1.54. The van der Waals surface area contributed by atoms with Gasteiger partial charge in [-0.2, -0.15) is 0 Å². The molecule has 0 saturated carbocycles. The van der Waals surface area contributed by atoms with Crippen molar-refractivity contribution in [3.8, 4) is 0 Å². The third-order valence-electron chi connectivity index (χ3n) is 2.27. The van der Waals surface area contributed by atoms with Gasteiger partial charge in [0.15, 0.2) is 0 Å². The van der Waals surface area contributed by atoms with E-state index in [0.717, 1.165) is 0 Å². The van der Waals surface area contributed by atoms with Crippen LogP contribution in [0.4, 0.5) is 9.18 Å². The summed E-state index contributed by atoms with van der Waals surface area (Å²) in [6.45, 7) is 1.69. The molecule has 0 bridgehead atoms. The maximum atomic E-state index is 13.0. The van der Waals surface area contributed by atoms with Gasteiger partial charge < -0.3 is 5.32 Å². The van der Waals surface area contributed by atoms with Crippen LogP contribution in [-0.2, 0) is 4.79 Å². The lowest BCUT2D eigenvalue weighted by Gasteiger charge is -2.14. The van der Waals surface area contributed by atoms with Crippen LogP contribution >= 0.6 is 11.6 Å². The molecule has 98 valence electrons. The maximum absolute atomic E-state index is 13.0. The second kappa shape index (κ2) is 6.96. The predicted molar refractivity (Wildman–Crippen MR) is 66.8 cm³/mol. The first-order valence-corrected chi connectivity index (χ1v) is 5.98. The maximum Gasteiger partial charge on any atom is 0.321 e. The molecular weight excluding hydrogens is 259 g/mol. The highest BCUT2D eigenvalue weighted by Gasteiger charge is 2.12. The van der Waals surface area contributed by atoms with Crippen molar-refractivity contribution in [3.63, 3.8) is 0 Å². The van der Waals surface area contributed by atoms with Gasteiger partial charge in [0.2, 0.25) is 5.91 Å². The Labute approximate surface area is 110 Å². The minimum Gasteiger partial charge on any atom is -0.331 e. The Balaban J connectivity index is 2.52. The number of carbonyl (C=O) groups excluding carboxylic acids is 2. The van der Waals surface area contributed by atoms with E-state index < -0.39 is 18.0 Å². The van der Waals surface area contributed by atoms with Crippen molar-refractivity contribution in [2.24, 2.45) is 0 Å². The summed E-state index contributed by atoms with van der Waals surface area (Å²) in [7, 11) is 0. The monoisotopic (exact) mass is 272 g/mol. The topological polar surface area (TPSA) is 58.2 Å². The standard InChI is InChI=1S/C12H14ClFN2O2/c1-8(9-3-2-4-10(14)7-9)15-12(18)16-11(17)5-6-13/h2-4,7-8H,5-6H2,1H3,(H2,15,16,17,18). The summed E-state index contributed by atoms with van der Waals surface area (Å²) in [4.78, 5) is 22.5. The first kappa shape index (κ1) is 14.4. The lowest BCUT2D eigenvalue weighted by atomic mass is 10.1. The largest absolute Gasteiger partial charge is 0.331 e. The summed E-state index contributed by atoms with van der Waals surface area (Å²) in [6, 6.07) is 4.87. The van der Waals surface area contributed by atoms with Crippen LogP contribution in [0.25, 0.3) is 0 Å². The van der Waals surface area contributed by atoms with Gasteiger partial charge in [-0.1, -0.05) is 12.1 Å². The van der Waals surface area contributed by atoms with Crippen LogP contribution in [0.15, 0.2) is 24.3 Å². The summed E-state index contributed by atoms with van der Waals surface area (Å²) >= 11 is 5.36. The van der Waals surface area contributed by atoms with E-state index in [1.807, 2.05) is 0 Å². The molecule has 1 aromatic carbocycles. The van der Waals surface area contributed by atoms with E-state index in [1.165, 1.54) is 12.1 Å². The van der Waals surface area contributed by atoms with Crippen LogP contribution in [0.3, 0.4) is 0 Å².